The zero-order chi connectivity index (χ0) is 14.4. The van der Waals surface area contributed by atoms with Crippen LogP contribution in [0.4, 0.5) is 8.78 Å². The summed E-state index contributed by atoms with van der Waals surface area (Å²) in [7, 11) is 0. The lowest BCUT2D eigenvalue weighted by Gasteiger charge is -2.16. The molecule has 0 aliphatic heterocycles. The zero-order valence-corrected chi connectivity index (χ0v) is 11.5. The lowest BCUT2D eigenvalue weighted by Crippen LogP contribution is -2.37. The molecule has 106 valence electrons. The lowest BCUT2D eigenvalue weighted by molar-refractivity contribution is -0.120. The van der Waals surface area contributed by atoms with Crippen LogP contribution in [-0.4, -0.2) is 19.0 Å². The quantitative estimate of drug-likeness (QED) is 0.833. The van der Waals surface area contributed by atoms with Crippen LogP contribution in [0.5, 0.6) is 0 Å². The van der Waals surface area contributed by atoms with Gasteiger partial charge in [-0.3, -0.25) is 4.79 Å². The summed E-state index contributed by atoms with van der Waals surface area (Å²) >= 11 is 0. The first-order valence-electron chi connectivity index (χ1n) is 6.35. The molecule has 0 saturated heterocycles. The third kappa shape index (κ3) is 4.95. The number of carbonyl (C=O) groups is 1. The van der Waals surface area contributed by atoms with Crippen molar-refractivity contribution in [1.29, 1.82) is 0 Å². The van der Waals surface area contributed by atoms with Gasteiger partial charge in [0.2, 0.25) is 5.91 Å². The van der Waals surface area contributed by atoms with Crippen molar-refractivity contribution in [3.05, 3.63) is 35.4 Å². The third-order valence-electron chi connectivity index (χ3n) is 2.71. The molecule has 0 radical (unpaired) electrons. The average Bonchev–Trinajstić information content (AvgIpc) is 2.33. The van der Waals surface area contributed by atoms with Gasteiger partial charge in [0.05, 0.1) is 6.54 Å². The summed E-state index contributed by atoms with van der Waals surface area (Å²) in [5.74, 6) is -1.03. The molecule has 0 fully saturated rings. The van der Waals surface area contributed by atoms with Crippen LogP contribution in [0.3, 0.4) is 0 Å². The Balaban J connectivity index is 2.51. The molecule has 0 aromatic heterocycles. The SMILES string of the molecule is CC(C)CNC(=O)CNC(C)c1c(F)cccc1F. The molecule has 3 nitrogen and oxygen atoms in total. The largest absolute Gasteiger partial charge is 0.355 e. The first-order chi connectivity index (χ1) is 8.91. The molecule has 0 bridgehead atoms. The van der Waals surface area contributed by atoms with Crippen LogP contribution in [0, 0.1) is 17.6 Å². The fraction of sp³-hybridized carbons (Fsp3) is 0.500. The van der Waals surface area contributed by atoms with Gasteiger partial charge in [0.25, 0.3) is 0 Å². The Morgan fingerprint density at radius 2 is 1.79 bits per heavy atom. The molecule has 19 heavy (non-hydrogen) atoms. The summed E-state index contributed by atoms with van der Waals surface area (Å²) < 4.78 is 27.0. The van der Waals surface area contributed by atoms with E-state index < -0.39 is 17.7 Å². The molecule has 1 rings (SSSR count). The molecule has 1 amide bonds. The van der Waals surface area contributed by atoms with E-state index in [9.17, 15) is 13.6 Å². The average molecular weight is 270 g/mol. The van der Waals surface area contributed by atoms with Gasteiger partial charge in [-0.2, -0.15) is 0 Å². The molecule has 0 heterocycles. The molecule has 0 spiro atoms. The van der Waals surface area contributed by atoms with Gasteiger partial charge in [0, 0.05) is 18.2 Å². The minimum atomic E-state index is -0.609. The summed E-state index contributed by atoms with van der Waals surface area (Å²) in [5.41, 5.74) is -0.0424. The molecule has 0 saturated carbocycles. The molecule has 1 aromatic carbocycles. The van der Waals surface area contributed by atoms with Crippen LogP contribution in [0.15, 0.2) is 18.2 Å². The van der Waals surface area contributed by atoms with Crippen molar-refractivity contribution in [3.63, 3.8) is 0 Å². The second kappa shape index (κ2) is 7.19. The standard InChI is InChI=1S/C14H20F2N2O/c1-9(2)7-18-13(19)8-17-10(3)14-11(15)5-4-6-12(14)16/h4-6,9-10,17H,7-8H2,1-3H3,(H,18,19). The van der Waals surface area contributed by atoms with E-state index in [0.29, 0.717) is 12.5 Å². The molecular formula is C14H20F2N2O. The number of carbonyl (C=O) groups excluding carboxylic acids is 1. The van der Waals surface area contributed by atoms with Crippen LogP contribution < -0.4 is 10.6 Å². The van der Waals surface area contributed by atoms with Crippen LogP contribution in [0.2, 0.25) is 0 Å². The predicted octanol–water partition coefficient (Wildman–Crippen LogP) is 2.39. The second-order valence-corrected chi connectivity index (χ2v) is 4.94. The number of halogens is 2. The molecule has 1 unspecified atom stereocenters. The topological polar surface area (TPSA) is 41.1 Å². The van der Waals surface area contributed by atoms with E-state index in [1.54, 1.807) is 6.92 Å². The van der Waals surface area contributed by atoms with Crippen LogP contribution in [-0.2, 0) is 4.79 Å². The van der Waals surface area contributed by atoms with Gasteiger partial charge in [-0.1, -0.05) is 19.9 Å². The number of hydrogen-bond donors (Lipinski definition) is 2. The van der Waals surface area contributed by atoms with E-state index >= 15 is 0 Å². The van der Waals surface area contributed by atoms with E-state index in [1.165, 1.54) is 18.2 Å². The molecule has 2 N–H and O–H groups in total. The highest BCUT2D eigenvalue weighted by Gasteiger charge is 2.16. The van der Waals surface area contributed by atoms with Gasteiger partial charge >= 0.3 is 0 Å². The number of amides is 1. The third-order valence-corrected chi connectivity index (χ3v) is 2.71. The summed E-state index contributed by atoms with van der Waals surface area (Å²) in [5, 5.41) is 5.54. The molecule has 1 aromatic rings. The van der Waals surface area contributed by atoms with Gasteiger partial charge in [-0.05, 0) is 25.0 Å². The molecule has 1 atom stereocenters. The van der Waals surface area contributed by atoms with Crippen molar-refractivity contribution in [2.24, 2.45) is 5.92 Å². The van der Waals surface area contributed by atoms with Gasteiger partial charge in [-0.25, -0.2) is 8.78 Å². The summed E-state index contributed by atoms with van der Waals surface area (Å²) in [6.07, 6.45) is 0. The van der Waals surface area contributed by atoms with Crippen molar-refractivity contribution in [3.8, 4) is 0 Å². The van der Waals surface area contributed by atoms with Crippen molar-refractivity contribution in [2.45, 2.75) is 26.8 Å². The maximum Gasteiger partial charge on any atom is 0.233 e. The predicted molar refractivity (Wildman–Crippen MR) is 70.6 cm³/mol. The van der Waals surface area contributed by atoms with Crippen LogP contribution >= 0.6 is 0 Å². The van der Waals surface area contributed by atoms with Crippen LogP contribution in [0.25, 0.3) is 0 Å². The Bertz CT molecular complexity index is 415. The monoisotopic (exact) mass is 270 g/mol. The molecular weight excluding hydrogens is 250 g/mol. The molecule has 0 aliphatic rings. The van der Waals surface area contributed by atoms with Crippen molar-refractivity contribution in [2.75, 3.05) is 13.1 Å². The van der Waals surface area contributed by atoms with E-state index in [1.807, 2.05) is 13.8 Å². The van der Waals surface area contributed by atoms with Gasteiger partial charge in [-0.15, -0.1) is 0 Å². The van der Waals surface area contributed by atoms with Gasteiger partial charge in [0.15, 0.2) is 0 Å². The smallest absolute Gasteiger partial charge is 0.233 e. The maximum atomic E-state index is 13.5. The van der Waals surface area contributed by atoms with Crippen molar-refractivity contribution >= 4 is 5.91 Å². The van der Waals surface area contributed by atoms with E-state index in [-0.39, 0.29) is 18.0 Å². The summed E-state index contributed by atoms with van der Waals surface area (Å²) in [6.45, 7) is 6.22. The van der Waals surface area contributed by atoms with Crippen LogP contribution in [0.1, 0.15) is 32.4 Å². The second-order valence-electron chi connectivity index (χ2n) is 4.94. The zero-order valence-electron chi connectivity index (χ0n) is 11.5. The normalized spacial score (nSPS) is 12.5. The number of hydrogen-bond acceptors (Lipinski definition) is 2. The Kier molecular flexibility index (Phi) is 5.89. The van der Waals surface area contributed by atoms with Crippen molar-refractivity contribution < 1.29 is 13.6 Å². The Hall–Kier alpha value is -1.49. The molecule has 5 heteroatoms. The highest BCUT2D eigenvalue weighted by atomic mass is 19.1. The van der Waals surface area contributed by atoms with Gasteiger partial charge in [0.1, 0.15) is 11.6 Å². The summed E-state index contributed by atoms with van der Waals surface area (Å²) in [6, 6.07) is 3.16. The number of benzene rings is 1. The van der Waals surface area contributed by atoms with E-state index in [2.05, 4.69) is 10.6 Å². The highest BCUT2D eigenvalue weighted by molar-refractivity contribution is 5.78. The van der Waals surface area contributed by atoms with Crippen molar-refractivity contribution in [1.82, 2.24) is 10.6 Å². The Morgan fingerprint density at radius 1 is 1.21 bits per heavy atom. The Labute approximate surface area is 112 Å². The first-order valence-corrected chi connectivity index (χ1v) is 6.35. The minimum absolute atomic E-state index is 0.0294. The van der Waals surface area contributed by atoms with E-state index in [0.717, 1.165) is 0 Å². The van der Waals surface area contributed by atoms with E-state index in [4.69, 9.17) is 0 Å². The number of rotatable bonds is 6. The lowest BCUT2D eigenvalue weighted by atomic mass is 10.1. The molecule has 0 aliphatic carbocycles. The summed E-state index contributed by atoms with van der Waals surface area (Å²) in [4.78, 5) is 11.5. The first kappa shape index (κ1) is 15.6. The Morgan fingerprint density at radius 3 is 2.32 bits per heavy atom. The highest BCUT2D eigenvalue weighted by Crippen LogP contribution is 2.19. The maximum absolute atomic E-state index is 13.5. The number of nitrogens with one attached hydrogen (secondary N) is 2. The van der Waals surface area contributed by atoms with Gasteiger partial charge < -0.3 is 10.6 Å². The fourth-order valence-corrected chi connectivity index (χ4v) is 1.65. The minimum Gasteiger partial charge on any atom is -0.355 e. The fourth-order valence-electron chi connectivity index (χ4n) is 1.65.